The number of methoxy groups -OCH3 is 2. The highest BCUT2D eigenvalue weighted by atomic mass is 35.5. The van der Waals surface area contributed by atoms with Crippen molar-refractivity contribution in [3.8, 4) is 11.5 Å². The molecule has 0 fully saturated rings. The van der Waals surface area contributed by atoms with E-state index in [2.05, 4.69) is 15.6 Å². The van der Waals surface area contributed by atoms with Crippen LogP contribution in [0.1, 0.15) is 10.4 Å². The molecule has 2 aromatic carbocycles. The predicted octanol–water partition coefficient (Wildman–Crippen LogP) is 3.23. The topological polar surface area (TPSA) is 97.7 Å². The molecule has 0 radical (unpaired) electrons. The average molecular weight is 446 g/mol. The quantitative estimate of drug-likeness (QED) is 0.582. The molecular weight excluding hydrogens is 422 g/mol. The monoisotopic (exact) mass is 445 g/mol. The molecule has 0 spiro atoms. The second kappa shape index (κ2) is 9.57. The van der Waals surface area contributed by atoms with Crippen LogP contribution in [0.25, 0.3) is 11.0 Å². The molecule has 0 saturated heterocycles. The summed E-state index contributed by atoms with van der Waals surface area (Å²) >= 11 is 6.13. The second-order valence-electron chi connectivity index (χ2n) is 6.91. The van der Waals surface area contributed by atoms with Crippen molar-refractivity contribution < 1.29 is 19.1 Å². The first-order valence-corrected chi connectivity index (χ1v) is 9.84. The van der Waals surface area contributed by atoms with Gasteiger partial charge in [0, 0.05) is 38.8 Å². The number of benzene rings is 2. The van der Waals surface area contributed by atoms with Crippen molar-refractivity contribution in [2.45, 2.75) is 6.54 Å². The number of nitrogens with one attached hydrogen (secondary N) is 2. The number of amides is 3. The van der Waals surface area contributed by atoms with Gasteiger partial charge in [-0.1, -0.05) is 11.6 Å². The normalized spacial score (nSPS) is 10.6. The summed E-state index contributed by atoms with van der Waals surface area (Å²) in [4.78, 5) is 30.3. The van der Waals surface area contributed by atoms with Gasteiger partial charge in [0.25, 0.3) is 5.91 Å². The molecule has 0 saturated carbocycles. The average Bonchev–Trinajstić information content (AvgIpc) is 3.15. The van der Waals surface area contributed by atoms with Crippen LogP contribution in [0.15, 0.2) is 36.7 Å². The van der Waals surface area contributed by atoms with E-state index in [9.17, 15) is 9.59 Å². The number of ether oxygens (including phenoxy) is 2. The Morgan fingerprint density at radius 3 is 2.55 bits per heavy atom. The van der Waals surface area contributed by atoms with E-state index in [4.69, 9.17) is 21.1 Å². The van der Waals surface area contributed by atoms with Crippen LogP contribution < -0.4 is 20.1 Å². The largest absolute Gasteiger partial charge is 0.495 e. The Balaban J connectivity index is 1.61. The molecule has 0 atom stereocenters. The van der Waals surface area contributed by atoms with Gasteiger partial charge in [0.1, 0.15) is 11.5 Å². The van der Waals surface area contributed by atoms with Crippen LogP contribution in [0.3, 0.4) is 0 Å². The molecule has 1 heterocycles. The number of aromatic nitrogens is 2. The molecule has 0 aliphatic rings. The van der Waals surface area contributed by atoms with E-state index < -0.39 is 6.03 Å². The molecule has 3 aromatic rings. The second-order valence-corrected chi connectivity index (χ2v) is 7.32. The molecule has 0 aliphatic heterocycles. The van der Waals surface area contributed by atoms with Gasteiger partial charge in [0.2, 0.25) is 0 Å². The number of fused-ring (bicyclic) bond motifs is 1. The van der Waals surface area contributed by atoms with Crippen molar-refractivity contribution in [3.05, 3.63) is 47.2 Å². The number of carbonyl (C=O) groups excluding carboxylic acids is 2. The van der Waals surface area contributed by atoms with Gasteiger partial charge in [0.05, 0.1) is 42.3 Å². The Hall–Kier alpha value is -3.46. The smallest absolute Gasteiger partial charge is 0.319 e. The molecule has 0 aliphatic carbocycles. The number of imidazole rings is 1. The van der Waals surface area contributed by atoms with Gasteiger partial charge in [-0.2, -0.15) is 0 Å². The molecule has 164 valence electrons. The summed E-state index contributed by atoms with van der Waals surface area (Å²) < 4.78 is 12.3. The van der Waals surface area contributed by atoms with Crippen molar-refractivity contribution in [3.63, 3.8) is 0 Å². The van der Waals surface area contributed by atoms with Crippen molar-refractivity contribution in [2.24, 2.45) is 0 Å². The number of anilines is 1. The Labute approximate surface area is 184 Å². The first-order valence-electron chi connectivity index (χ1n) is 9.47. The minimum absolute atomic E-state index is 0.0798. The minimum Gasteiger partial charge on any atom is -0.495 e. The van der Waals surface area contributed by atoms with E-state index in [0.717, 1.165) is 11.0 Å². The highest BCUT2D eigenvalue weighted by Crippen LogP contribution is 2.35. The summed E-state index contributed by atoms with van der Waals surface area (Å²) in [7, 11) is 6.41. The summed E-state index contributed by atoms with van der Waals surface area (Å²) in [6.07, 6.45) is 1.68. The Morgan fingerprint density at radius 1 is 1.13 bits per heavy atom. The third-order valence-electron chi connectivity index (χ3n) is 4.63. The van der Waals surface area contributed by atoms with Crippen LogP contribution >= 0.6 is 11.6 Å². The zero-order valence-electron chi connectivity index (χ0n) is 17.7. The number of urea groups is 1. The van der Waals surface area contributed by atoms with Gasteiger partial charge >= 0.3 is 6.03 Å². The molecule has 1 aromatic heterocycles. The molecule has 2 N–H and O–H groups in total. The van der Waals surface area contributed by atoms with E-state index in [-0.39, 0.29) is 5.91 Å². The Kier molecular flexibility index (Phi) is 6.86. The fourth-order valence-electron chi connectivity index (χ4n) is 3.05. The van der Waals surface area contributed by atoms with Gasteiger partial charge in [-0.05, 0) is 24.3 Å². The zero-order chi connectivity index (χ0) is 22.5. The molecular formula is C21H24ClN5O4. The van der Waals surface area contributed by atoms with Crippen molar-refractivity contribution >= 4 is 40.3 Å². The third-order valence-corrected chi connectivity index (χ3v) is 4.93. The molecule has 3 rings (SSSR count). The predicted molar refractivity (Wildman–Crippen MR) is 119 cm³/mol. The molecule has 0 bridgehead atoms. The first-order chi connectivity index (χ1) is 14.8. The van der Waals surface area contributed by atoms with Crippen LogP contribution in [0.2, 0.25) is 5.02 Å². The lowest BCUT2D eigenvalue weighted by atomic mass is 10.2. The van der Waals surface area contributed by atoms with Crippen LogP contribution in [0.4, 0.5) is 10.5 Å². The van der Waals surface area contributed by atoms with Gasteiger partial charge in [-0.25, -0.2) is 9.78 Å². The summed E-state index contributed by atoms with van der Waals surface area (Å²) in [5.74, 6) is 0.802. The van der Waals surface area contributed by atoms with E-state index >= 15 is 0 Å². The van der Waals surface area contributed by atoms with Gasteiger partial charge < -0.3 is 29.6 Å². The van der Waals surface area contributed by atoms with Crippen LogP contribution in [-0.4, -0.2) is 61.2 Å². The molecule has 3 amide bonds. The van der Waals surface area contributed by atoms with E-state index in [1.54, 1.807) is 44.7 Å². The number of carbonyl (C=O) groups is 2. The maximum atomic E-state index is 12.3. The summed E-state index contributed by atoms with van der Waals surface area (Å²) in [6.45, 7) is 0.868. The van der Waals surface area contributed by atoms with E-state index in [0.29, 0.717) is 40.9 Å². The minimum atomic E-state index is -0.400. The molecule has 10 heteroatoms. The maximum Gasteiger partial charge on any atom is 0.319 e. The number of rotatable bonds is 7. The summed E-state index contributed by atoms with van der Waals surface area (Å²) in [5.41, 5.74) is 2.60. The lowest BCUT2D eigenvalue weighted by molar-refractivity contribution is 0.0827. The third kappa shape index (κ3) is 5.00. The van der Waals surface area contributed by atoms with Crippen LogP contribution in [0, 0.1) is 0 Å². The van der Waals surface area contributed by atoms with E-state index in [1.165, 1.54) is 19.1 Å². The highest BCUT2D eigenvalue weighted by molar-refractivity contribution is 6.32. The standard InChI is InChI=1S/C21H24ClN5O4/c1-26(2)20(28)13-5-6-17-15(9-13)24-12-27(17)8-7-23-21(29)25-16-10-14(22)18(30-3)11-19(16)31-4/h5-6,9-12H,7-8H2,1-4H3,(H2,23,25,29). The highest BCUT2D eigenvalue weighted by Gasteiger charge is 2.13. The van der Waals surface area contributed by atoms with Gasteiger partial charge in [-0.3, -0.25) is 4.79 Å². The number of halogens is 1. The lowest BCUT2D eigenvalue weighted by Crippen LogP contribution is -2.31. The van der Waals surface area contributed by atoms with E-state index in [1.807, 2.05) is 10.6 Å². The number of hydrogen-bond acceptors (Lipinski definition) is 5. The van der Waals surface area contributed by atoms with Crippen LogP contribution in [-0.2, 0) is 6.54 Å². The fraction of sp³-hybridized carbons (Fsp3) is 0.286. The maximum absolute atomic E-state index is 12.3. The Morgan fingerprint density at radius 2 is 1.87 bits per heavy atom. The lowest BCUT2D eigenvalue weighted by Gasteiger charge is -2.14. The fourth-order valence-corrected chi connectivity index (χ4v) is 3.29. The van der Waals surface area contributed by atoms with Crippen molar-refractivity contribution in [1.29, 1.82) is 0 Å². The number of hydrogen-bond donors (Lipinski definition) is 2. The Bertz CT molecular complexity index is 1110. The number of nitrogens with zero attached hydrogens (tertiary/aromatic N) is 3. The molecule has 31 heavy (non-hydrogen) atoms. The van der Waals surface area contributed by atoms with Crippen molar-refractivity contribution in [2.75, 3.05) is 40.2 Å². The summed E-state index contributed by atoms with van der Waals surface area (Å²) in [5, 5.41) is 5.87. The summed E-state index contributed by atoms with van der Waals surface area (Å²) in [6, 6.07) is 8.14. The molecule has 9 nitrogen and oxygen atoms in total. The zero-order valence-corrected chi connectivity index (χ0v) is 18.5. The van der Waals surface area contributed by atoms with Gasteiger partial charge in [-0.15, -0.1) is 0 Å². The first kappa shape index (κ1) is 22.2. The SMILES string of the molecule is COc1cc(OC)c(NC(=O)NCCn2cnc3cc(C(=O)N(C)C)ccc32)cc1Cl. The van der Waals surface area contributed by atoms with Crippen LogP contribution in [0.5, 0.6) is 11.5 Å². The van der Waals surface area contributed by atoms with Gasteiger partial charge in [0.15, 0.2) is 0 Å². The molecule has 0 unspecified atom stereocenters. The van der Waals surface area contributed by atoms with Crippen molar-refractivity contribution in [1.82, 2.24) is 19.8 Å².